The van der Waals surface area contributed by atoms with Crippen molar-refractivity contribution >= 4 is 33.8 Å². The van der Waals surface area contributed by atoms with Gasteiger partial charge in [-0.05, 0) is 45.2 Å². The van der Waals surface area contributed by atoms with Gasteiger partial charge in [-0.25, -0.2) is 4.98 Å². The molecule has 1 aromatic carbocycles. The third kappa shape index (κ3) is 3.21. The maximum absolute atomic E-state index is 5.70. The molecule has 0 saturated carbocycles. The molecule has 0 aliphatic carbocycles. The number of nitrogens with one attached hydrogen (secondary N) is 2. The van der Waals surface area contributed by atoms with Crippen LogP contribution in [0, 0.1) is 0 Å². The van der Waals surface area contributed by atoms with Crippen LogP contribution in [-0.4, -0.2) is 63.3 Å². The van der Waals surface area contributed by atoms with Crippen molar-refractivity contribution in [1.29, 1.82) is 0 Å². The average Bonchev–Trinajstić information content (AvgIpc) is 3.46. The maximum atomic E-state index is 5.70. The summed E-state index contributed by atoms with van der Waals surface area (Å²) < 4.78 is 5.70. The second-order valence-electron chi connectivity index (χ2n) is 9.03. The van der Waals surface area contributed by atoms with Crippen molar-refractivity contribution in [2.45, 2.75) is 45.2 Å². The molecule has 8 heteroatoms. The Morgan fingerprint density at radius 3 is 2.81 bits per heavy atom. The van der Waals surface area contributed by atoms with Crippen LogP contribution in [0.15, 0.2) is 30.5 Å². The summed E-state index contributed by atoms with van der Waals surface area (Å²) >= 11 is 0. The number of rotatable bonds is 3. The molecule has 5 heterocycles. The Hall–Kier alpha value is -3.13. The van der Waals surface area contributed by atoms with E-state index in [1.807, 2.05) is 6.20 Å². The highest BCUT2D eigenvalue weighted by atomic mass is 16.5. The Morgan fingerprint density at radius 1 is 1.00 bits per heavy atom. The van der Waals surface area contributed by atoms with Crippen molar-refractivity contribution in [3.05, 3.63) is 30.5 Å². The summed E-state index contributed by atoms with van der Waals surface area (Å²) in [5.74, 6) is 2.53. The average molecular weight is 432 g/mol. The summed E-state index contributed by atoms with van der Waals surface area (Å²) in [5, 5.41) is 1.14. The van der Waals surface area contributed by atoms with Crippen LogP contribution in [0.1, 0.15) is 33.1 Å². The van der Waals surface area contributed by atoms with Gasteiger partial charge in [0.1, 0.15) is 5.82 Å². The zero-order valence-electron chi connectivity index (χ0n) is 18.6. The lowest BCUT2D eigenvalue weighted by Crippen LogP contribution is -2.45. The standard InChI is InChI=1S/C24H29N7O/c1-15-6-3-4-11-31(15)24-28-22-20(23(29-24)30-12-13-32-14-16(30)2)26-21(27-22)18-7-5-8-19-17(18)9-10-25-19/h5,7-10,15-16,25H,3-4,6,11-14H2,1-2H3,(H,26,27,28,29)/t15-,16+/m0/s1. The molecule has 0 spiro atoms. The van der Waals surface area contributed by atoms with Gasteiger partial charge < -0.3 is 24.5 Å². The van der Waals surface area contributed by atoms with E-state index in [9.17, 15) is 0 Å². The number of hydrogen-bond donors (Lipinski definition) is 2. The molecule has 0 unspecified atom stereocenters. The highest BCUT2D eigenvalue weighted by Gasteiger charge is 2.28. The number of ether oxygens (including phenoxy) is 1. The highest BCUT2D eigenvalue weighted by Crippen LogP contribution is 2.33. The summed E-state index contributed by atoms with van der Waals surface area (Å²) in [6.07, 6.45) is 5.59. The minimum atomic E-state index is 0.238. The lowest BCUT2D eigenvalue weighted by atomic mass is 10.0. The van der Waals surface area contributed by atoms with Gasteiger partial charge in [0.2, 0.25) is 5.95 Å². The molecular formula is C24H29N7O. The first-order valence-electron chi connectivity index (χ1n) is 11.6. The molecule has 3 aromatic heterocycles. The molecule has 2 atom stereocenters. The second-order valence-corrected chi connectivity index (χ2v) is 9.03. The van der Waals surface area contributed by atoms with Crippen molar-refractivity contribution in [1.82, 2.24) is 24.9 Å². The topological polar surface area (TPSA) is 86.0 Å². The van der Waals surface area contributed by atoms with E-state index < -0.39 is 0 Å². The van der Waals surface area contributed by atoms with Gasteiger partial charge in [0.05, 0.1) is 19.3 Å². The van der Waals surface area contributed by atoms with Gasteiger partial charge in [-0.3, -0.25) is 0 Å². The van der Waals surface area contributed by atoms with Crippen LogP contribution in [-0.2, 0) is 4.74 Å². The molecule has 0 bridgehead atoms. The van der Waals surface area contributed by atoms with Crippen LogP contribution in [0.2, 0.25) is 0 Å². The van der Waals surface area contributed by atoms with Gasteiger partial charge in [-0.15, -0.1) is 0 Å². The molecule has 4 aromatic rings. The molecular weight excluding hydrogens is 402 g/mol. The molecule has 8 nitrogen and oxygen atoms in total. The predicted octanol–water partition coefficient (Wildman–Crippen LogP) is 4.11. The summed E-state index contributed by atoms with van der Waals surface area (Å²) in [5.41, 5.74) is 3.79. The van der Waals surface area contributed by atoms with E-state index in [0.29, 0.717) is 19.3 Å². The number of hydrogen-bond acceptors (Lipinski definition) is 6. The molecule has 0 radical (unpaired) electrons. The number of aromatic nitrogens is 5. The Balaban J connectivity index is 1.53. The SMILES string of the molecule is C[C@@H]1COCCN1c1nc(N2CCCC[C@@H]2C)nc2[nH]c(-c3cccc4[nH]ccc34)nc12. The number of nitrogens with zero attached hydrogens (tertiary/aromatic N) is 5. The molecule has 2 saturated heterocycles. The number of piperidine rings is 1. The number of benzene rings is 1. The summed E-state index contributed by atoms with van der Waals surface area (Å²) in [4.78, 5) is 26.6. The van der Waals surface area contributed by atoms with Gasteiger partial charge in [-0.2, -0.15) is 9.97 Å². The van der Waals surface area contributed by atoms with E-state index in [2.05, 4.69) is 57.9 Å². The van der Waals surface area contributed by atoms with Crippen LogP contribution >= 0.6 is 0 Å². The first-order valence-corrected chi connectivity index (χ1v) is 11.6. The zero-order chi connectivity index (χ0) is 21.7. The molecule has 2 aliphatic rings. The fourth-order valence-corrected chi connectivity index (χ4v) is 5.06. The van der Waals surface area contributed by atoms with E-state index >= 15 is 0 Å². The van der Waals surface area contributed by atoms with Gasteiger partial charge in [0.15, 0.2) is 17.0 Å². The molecule has 2 aliphatic heterocycles. The van der Waals surface area contributed by atoms with Crippen LogP contribution in [0.4, 0.5) is 11.8 Å². The van der Waals surface area contributed by atoms with E-state index in [-0.39, 0.29) is 6.04 Å². The van der Waals surface area contributed by atoms with Gasteiger partial charge in [0.25, 0.3) is 0 Å². The fraction of sp³-hybridized carbons (Fsp3) is 0.458. The first kappa shape index (κ1) is 19.5. The number of morpholine rings is 1. The van der Waals surface area contributed by atoms with Crippen molar-refractivity contribution in [3.63, 3.8) is 0 Å². The third-order valence-corrected chi connectivity index (χ3v) is 6.86. The first-order chi connectivity index (χ1) is 15.7. The van der Waals surface area contributed by atoms with Crippen LogP contribution in [0.5, 0.6) is 0 Å². The van der Waals surface area contributed by atoms with E-state index in [1.165, 1.54) is 19.3 Å². The van der Waals surface area contributed by atoms with Crippen molar-refractivity contribution in [2.24, 2.45) is 0 Å². The Bertz CT molecular complexity index is 1260. The molecule has 2 fully saturated rings. The Labute approximate surface area is 187 Å². The zero-order valence-corrected chi connectivity index (χ0v) is 18.6. The molecule has 166 valence electrons. The minimum absolute atomic E-state index is 0.238. The van der Waals surface area contributed by atoms with Crippen molar-refractivity contribution < 1.29 is 4.74 Å². The minimum Gasteiger partial charge on any atom is -0.377 e. The van der Waals surface area contributed by atoms with Crippen molar-refractivity contribution in [3.8, 4) is 11.4 Å². The van der Waals surface area contributed by atoms with Crippen LogP contribution < -0.4 is 9.80 Å². The number of fused-ring (bicyclic) bond motifs is 2. The summed E-state index contributed by atoms with van der Waals surface area (Å²) in [7, 11) is 0. The summed E-state index contributed by atoms with van der Waals surface area (Å²) in [6.45, 7) is 7.65. The molecule has 2 N–H and O–H groups in total. The number of imidazole rings is 1. The van der Waals surface area contributed by atoms with Gasteiger partial charge in [0, 0.05) is 41.8 Å². The smallest absolute Gasteiger partial charge is 0.229 e. The van der Waals surface area contributed by atoms with E-state index in [0.717, 1.165) is 58.3 Å². The number of aromatic amines is 2. The molecule has 6 rings (SSSR count). The maximum Gasteiger partial charge on any atom is 0.229 e. The lowest BCUT2D eigenvalue weighted by Gasteiger charge is -2.36. The van der Waals surface area contributed by atoms with Gasteiger partial charge in [-0.1, -0.05) is 12.1 Å². The van der Waals surface area contributed by atoms with Crippen molar-refractivity contribution in [2.75, 3.05) is 36.1 Å². The molecule has 32 heavy (non-hydrogen) atoms. The van der Waals surface area contributed by atoms with E-state index in [1.54, 1.807) is 0 Å². The normalized spacial score (nSPS) is 22.2. The Morgan fingerprint density at radius 2 is 1.94 bits per heavy atom. The third-order valence-electron chi connectivity index (χ3n) is 6.86. The van der Waals surface area contributed by atoms with Gasteiger partial charge >= 0.3 is 0 Å². The highest BCUT2D eigenvalue weighted by molar-refractivity contribution is 5.96. The number of H-pyrrole nitrogens is 2. The quantitative estimate of drug-likeness (QED) is 0.508. The number of anilines is 2. The van der Waals surface area contributed by atoms with E-state index in [4.69, 9.17) is 19.7 Å². The Kier molecular flexibility index (Phi) is 4.75. The largest absolute Gasteiger partial charge is 0.377 e. The molecule has 0 amide bonds. The fourth-order valence-electron chi connectivity index (χ4n) is 5.06. The lowest BCUT2D eigenvalue weighted by molar-refractivity contribution is 0.0986. The van der Waals surface area contributed by atoms with Crippen LogP contribution in [0.25, 0.3) is 33.5 Å². The monoisotopic (exact) mass is 431 g/mol. The van der Waals surface area contributed by atoms with Crippen LogP contribution in [0.3, 0.4) is 0 Å². The summed E-state index contributed by atoms with van der Waals surface area (Å²) in [6, 6.07) is 9.01. The second kappa shape index (κ2) is 7.78. The predicted molar refractivity (Wildman–Crippen MR) is 127 cm³/mol.